The first-order valence-corrected chi connectivity index (χ1v) is 11.1. The summed E-state index contributed by atoms with van der Waals surface area (Å²) < 4.78 is 35.7. The minimum atomic E-state index is -5.08. The summed E-state index contributed by atoms with van der Waals surface area (Å²) in [6.07, 6.45) is -1.76. The number of rotatable bonds is 6. The van der Waals surface area contributed by atoms with E-state index in [9.17, 15) is 18.0 Å². The van der Waals surface area contributed by atoms with E-state index in [2.05, 4.69) is 24.6 Å². The molecule has 1 aliphatic rings. The van der Waals surface area contributed by atoms with Crippen molar-refractivity contribution in [2.45, 2.75) is 25.6 Å². The van der Waals surface area contributed by atoms with Crippen molar-refractivity contribution in [3.63, 3.8) is 0 Å². The van der Waals surface area contributed by atoms with E-state index >= 15 is 0 Å². The van der Waals surface area contributed by atoms with Gasteiger partial charge in [0.05, 0.1) is 5.69 Å². The van der Waals surface area contributed by atoms with Crippen LogP contribution in [-0.4, -0.2) is 55.4 Å². The number of nitrogens with zero attached hydrogens (tertiary/aromatic N) is 4. The van der Waals surface area contributed by atoms with Crippen LogP contribution < -0.4 is 5.32 Å². The number of nitrogens with one attached hydrogen (secondary N) is 1. The average molecular weight is 494 g/mol. The summed E-state index contributed by atoms with van der Waals surface area (Å²) in [5, 5.41) is 11.0. The third kappa shape index (κ3) is 7.59. The van der Waals surface area contributed by atoms with Gasteiger partial charge in [-0.25, -0.2) is 14.8 Å². The van der Waals surface area contributed by atoms with Crippen molar-refractivity contribution in [1.29, 1.82) is 0 Å². The normalized spacial score (nSPS) is 14.7. The Morgan fingerprint density at radius 1 is 1.09 bits per heavy atom. The SMILES string of the molecule is O=C(O)C(F)(F)F.O=C(c1ccccc1)C1CCN(Cc2cccc(Nc3ncns3)n2)CC1. The molecule has 34 heavy (non-hydrogen) atoms. The Labute approximate surface area is 197 Å². The summed E-state index contributed by atoms with van der Waals surface area (Å²) in [6.45, 7) is 2.62. The van der Waals surface area contributed by atoms with Gasteiger partial charge in [-0.05, 0) is 38.1 Å². The van der Waals surface area contributed by atoms with E-state index in [0.29, 0.717) is 0 Å². The molecule has 1 aromatic carbocycles. The summed E-state index contributed by atoms with van der Waals surface area (Å²) in [5.74, 6) is -1.58. The van der Waals surface area contributed by atoms with Gasteiger partial charge in [0.1, 0.15) is 12.1 Å². The lowest BCUT2D eigenvalue weighted by Gasteiger charge is -2.31. The lowest BCUT2D eigenvalue weighted by atomic mass is 9.89. The van der Waals surface area contributed by atoms with E-state index in [0.717, 1.165) is 54.7 Å². The lowest BCUT2D eigenvalue weighted by Crippen LogP contribution is -2.36. The highest BCUT2D eigenvalue weighted by atomic mass is 32.1. The number of pyridine rings is 1. The van der Waals surface area contributed by atoms with E-state index in [-0.39, 0.29) is 11.7 Å². The van der Waals surface area contributed by atoms with Gasteiger partial charge in [0.2, 0.25) is 5.13 Å². The van der Waals surface area contributed by atoms with Gasteiger partial charge in [0, 0.05) is 29.6 Å². The molecule has 1 saturated heterocycles. The number of alkyl halides is 3. The number of Topliss-reactive ketones (excluding diaryl/α,β-unsaturated/α-hetero) is 1. The number of piperidine rings is 1. The number of carbonyl (C=O) groups is 2. The third-order valence-corrected chi connectivity index (χ3v) is 5.63. The third-order valence-electron chi connectivity index (χ3n) is 5.05. The average Bonchev–Trinajstić information content (AvgIpc) is 3.33. The Balaban J connectivity index is 0.000000406. The van der Waals surface area contributed by atoms with Gasteiger partial charge in [-0.3, -0.25) is 9.69 Å². The molecule has 0 atom stereocenters. The second-order valence-corrected chi connectivity index (χ2v) is 8.25. The lowest BCUT2D eigenvalue weighted by molar-refractivity contribution is -0.192. The summed E-state index contributed by atoms with van der Waals surface area (Å²) >= 11 is 1.31. The highest BCUT2D eigenvalue weighted by Crippen LogP contribution is 2.23. The highest BCUT2D eigenvalue weighted by molar-refractivity contribution is 7.09. The first-order chi connectivity index (χ1) is 16.2. The summed E-state index contributed by atoms with van der Waals surface area (Å²) in [4.78, 5) is 32.7. The fourth-order valence-electron chi connectivity index (χ4n) is 3.40. The Hall–Kier alpha value is -3.38. The molecule has 0 radical (unpaired) electrons. The molecule has 2 aromatic heterocycles. The van der Waals surface area contributed by atoms with Crippen LogP contribution in [0, 0.1) is 5.92 Å². The number of anilines is 2. The predicted molar refractivity (Wildman–Crippen MR) is 120 cm³/mol. The topological polar surface area (TPSA) is 108 Å². The fourth-order valence-corrected chi connectivity index (χ4v) is 3.83. The van der Waals surface area contributed by atoms with Crippen molar-refractivity contribution in [3.05, 3.63) is 66.1 Å². The zero-order valence-corrected chi connectivity index (χ0v) is 18.7. The first kappa shape index (κ1) is 25.2. The van der Waals surface area contributed by atoms with Gasteiger partial charge in [0.25, 0.3) is 0 Å². The number of carboxylic acid groups (broad SMARTS) is 1. The molecule has 0 amide bonds. The molecule has 2 N–H and O–H groups in total. The molecule has 180 valence electrons. The molecule has 0 spiro atoms. The number of ketones is 1. The van der Waals surface area contributed by atoms with Crippen molar-refractivity contribution in [1.82, 2.24) is 19.2 Å². The number of hydrogen-bond acceptors (Lipinski definition) is 8. The fraction of sp³-hybridized carbons (Fsp3) is 0.318. The van der Waals surface area contributed by atoms with E-state index in [4.69, 9.17) is 9.90 Å². The molecule has 8 nitrogen and oxygen atoms in total. The molecule has 12 heteroatoms. The van der Waals surface area contributed by atoms with Crippen molar-refractivity contribution in [2.24, 2.45) is 5.92 Å². The molecule has 3 heterocycles. The zero-order chi connectivity index (χ0) is 24.6. The van der Waals surface area contributed by atoms with Crippen LogP contribution in [0.25, 0.3) is 0 Å². The van der Waals surface area contributed by atoms with Gasteiger partial charge in [-0.15, -0.1) is 0 Å². The second-order valence-electron chi connectivity index (χ2n) is 7.47. The molecule has 3 aromatic rings. The number of halogens is 3. The predicted octanol–water partition coefficient (Wildman–Crippen LogP) is 4.40. The molecule has 4 rings (SSSR count). The number of carbonyl (C=O) groups excluding carboxylic acids is 1. The molecule has 1 fully saturated rings. The van der Waals surface area contributed by atoms with Crippen LogP contribution in [0.3, 0.4) is 0 Å². The van der Waals surface area contributed by atoms with Gasteiger partial charge in [0.15, 0.2) is 5.78 Å². The monoisotopic (exact) mass is 493 g/mol. The molecule has 0 aliphatic carbocycles. The molecule has 0 unspecified atom stereocenters. The van der Waals surface area contributed by atoms with Gasteiger partial charge in [-0.2, -0.15) is 17.5 Å². The van der Waals surface area contributed by atoms with Crippen molar-refractivity contribution in [3.8, 4) is 0 Å². The number of likely N-dealkylation sites (tertiary alicyclic amines) is 1. The van der Waals surface area contributed by atoms with Crippen LogP contribution in [0.4, 0.5) is 24.1 Å². The highest BCUT2D eigenvalue weighted by Gasteiger charge is 2.38. The van der Waals surface area contributed by atoms with E-state index in [1.54, 1.807) is 0 Å². The largest absolute Gasteiger partial charge is 0.490 e. The standard InChI is InChI=1S/C20H21N5OS.C2HF3O2/c26-19(15-5-2-1-3-6-15)16-9-11-25(12-10-16)13-17-7-4-8-18(23-17)24-20-21-14-22-27-20;3-2(4,5)1(6)7/h1-8,14,16H,9-13H2,(H,21,22,23,24);(H,6,7). The number of aliphatic carboxylic acids is 1. The van der Waals surface area contributed by atoms with Crippen LogP contribution in [-0.2, 0) is 11.3 Å². The van der Waals surface area contributed by atoms with Crippen LogP contribution in [0.15, 0.2) is 54.9 Å². The van der Waals surface area contributed by atoms with E-state index in [1.165, 1.54) is 17.9 Å². The van der Waals surface area contributed by atoms with Gasteiger partial charge < -0.3 is 10.4 Å². The summed E-state index contributed by atoms with van der Waals surface area (Å²) in [7, 11) is 0. The number of aromatic nitrogens is 3. The Bertz CT molecular complexity index is 1070. The van der Waals surface area contributed by atoms with Crippen molar-refractivity contribution >= 4 is 34.2 Å². The minimum absolute atomic E-state index is 0.127. The zero-order valence-electron chi connectivity index (χ0n) is 17.9. The van der Waals surface area contributed by atoms with Crippen LogP contribution in [0.2, 0.25) is 0 Å². The van der Waals surface area contributed by atoms with E-state index < -0.39 is 12.1 Å². The van der Waals surface area contributed by atoms with Gasteiger partial charge in [-0.1, -0.05) is 36.4 Å². The maximum Gasteiger partial charge on any atom is 0.490 e. The summed E-state index contributed by atoms with van der Waals surface area (Å²) in [6, 6.07) is 15.6. The van der Waals surface area contributed by atoms with Crippen LogP contribution >= 0.6 is 11.5 Å². The number of benzene rings is 1. The first-order valence-electron chi connectivity index (χ1n) is 10.3. The maximum absolute atomic E-state index is 12.6. The Morgan fingerprint density at radius 3 is 2.35 bits per heavy atom. The van der Waals surface area contributed by atoms with Crippen LogP contribution in [0.1, 0.15) is 28.9 Å². The second kappa shape index (κ2) is 11.7. The van der Waals surface area contributed by atoms with E-state index in [1.807, 2.05) is 48.5 Å². The quantitative estimate of drug-likeness (QED) is 0.487. The molecule has 0 bridgehead atoms. The molecule has 0 saturated carbocycles. The smallest absolute Gasteiger partial charge is 0.475 e. The number of carboxylic acids is 1. The Morgan fingerprint density at radius 2 is 1.76 bits per heavy atom. The van der Waals surface area contributed by atoms with Crippen molar-refractivity contribution in [2.75, 3.05) is 18.4 Å². The van der Waals surface area contributed by atoms with Crippen LogP contribution in [0.5, 0.6) is 0 Å². The molecule has 1 aliphatic heterocycles. The van der Waals surface area contributed by atoms with Gasteiger partial charge >= 0.3 is 12.1 Å². The minimum Gasteiger partial charge on any atom is -0.475 e. The molecular weight excluding hydrogens is 471 g/mol. The number of hydrogen-bond donors (Lipinski definition) is 2. The maximum atomic E-state index is 12.6. The summed E-state index contributed by atoms with van der Waals surface area (Å²) in [5.41, 5.74) is 1.84. The Kier molecular flexibility index (Phi) is 8.66. The molecular formula is C22H22F3N5O3S. The van der Waals surface area contributed by atoms with Crippen molar-refractivity contribution < 1.29 is 27.9 Å².